The number of imidazole rings is 1. The lowest BCUT2D eigenvalue weighted by Gasteiger charge is -2.06. The Bertz CT molecular complexity index is 1230. The molecule has 4 rings (SSSR count). The number of benzene rings is 2. The fourth-order valence-electron chi connectivity index (χ4n) is 2.86. The maximum atomic E-state index is 12.3. The minimum atomic E-state index is -0.708. The molecule has 9 nitrogen and oxygen atoms in total. The lowest BCUT2D eigenvalue weighted by molar-refractivity contribution is -0.133. The molecule has 10 heteroatoms. The number of hydrogen-bond acceptors (Lipinski definition) is 9. The number of aromatic nitrogens is 4. The number of hydrogen-bond donors (Lipinski definition) is 2. The van der Waals surface area contributed by atoms with E-state index in [0.29, 0.717) is 17.2 Å². The van der Waals surface area contributed by atoms with E-state index < -0.39 is 5.97 Å². The van der Waals surface area contributed by atoms with Crippen molar-refractivity contribution in [3.05, 3.63) is 71.6 Å². The second kappa shape index (κ2) is 9.56. The van der Waals surface area contributed by atoms with Crippen molar-refractivity contribution in [3.63, 3.8) is 0 Å². The molecule has 0 bridgehead atoms. The molecule has 0 saturated carbocycles. The van der Waals surface area contributed by atoms with Gasteiger partial charge in [0.2, 0.25) is 0 Å². The van der Waals surface area contributed by atoms with Gasteiger partial charge in [-0.3, -0.25) is 0 Å². The highest BCUT2D eigenvalue weighted by Crippen LogP contribution is 2.25. The van der Waals surface area contributed by atoms with E-state index in [0.717, 1.165) is 22.8 Å². The summed E-state index contributed by atoms with van der Waals surface area (Å²) in [6.45, 7) is 2.11. The number of methoxy groups -OCH3 is 1. The molecule has 0 spiro atoms. The predicted molar refractivity (Wildman–Crippen MR) is 118 cm³/mol. The van der Waals surface area contributed by atoms with Gasteiger partial charge in [0.1, 0.15) is 22.9 Å². The molecule has 0 fully saturated rings. The number of aryl methyl sites for hydroxylation is 1. The van der Waals surface area contributed by atoms with Crippen LogP contribution in [0.15, 0.2) is 63.9 Å². The minimum absolute atomic E-state index is 0.00192. The van der Waals surface area contributed by atoms with Crippen LogP contribution in [0.3, 0.4) is 0 Å². The normalized spacial score (nSPS) is 11.9. The zero-order valence-corrected chi connectivity index (χ0v) is 18.2. The number of aliphatic hydroxyl groups excluding tert-OH is 1. The van der Waals surface area contributed by atoms with Crippen molar-refractivity contribution < 1.29 is 23.8 Å². The lowest BCUT2D eigenvalue weighted by atomic mass is 10.2. The van der Waals surface area contributed by atoms with Crippen LogP contribution in [0.4, 0.5) is 0 Å². The van der Waals surface area contributed by atoms with Crippen molar-refractivity contribution in [2.45, 2.75) is 18.8 Å². The summed E-state index contributed by atoms with van der Waals surface area (Å²) in [5.74, 6) is 0.270. The fraction of sp³-hybridized carbons (Fsp3) is 0.182. The molecule has 0 aliphatic rings. The molecule has 0 amide bonds. The molecular formula is C22H20N4O5S. The summed E-state index contributed by atoms with van der Waals surface area (Å²) < 4.78 is 16.0. The van der Waals surface area contributed by atoms with Crippen LogP contribution in [0.1, 0.15) is 17.3 Å². The third kappa shape index (κ3) is 4.92. The number of thioether (sulfide) groups is 1. The number of rotatable bonds is 8. The first-order chi connectivity index (χ1) is 15.5. The van der Waals surface area contributed by atoms with Gasteiger partial charge in [-0.1, -0.05) is 41.6 Å². The van der Waals surface area contributed by atoms with E-state index in [1.54, 1.807) is 6.07 Å². The Morgan fingerprint density at radius 2 is 1.94 bits per heavy atom. The molecule has 2 heterocycles. The summed E-state index contributed by atoms with van der Waals surface area (Å²) in [6.07, 6.45) is 0. The molecule has 0 aliphatic heterocycles. The summed E-state index contributed by atoms with van der Waals surface area (Å²) in [6, 6.07) is 14.9. The second-order valence-corrected chi connectivity index (χ2v) is 7.69. The van der Waals surface area contributed by atoms with Crippen LogP contribution >= 0.6 is 11.8 Å². The number of carbonyl (C=O) groups is 1. The average molecular weight is 452 g/mol. The molecule has 0 saturated heterocycles. The Labute approximate surface area is 187 Å². The van der Waals surface area contributed by atoms with Crippen LogP contribution in [-0.4, -0.2) is 44.1 Å². The van der Waals surface area contributed by atoms with Crippen molar-refractivity contribution in [2.75, 3.05) is 12.9 Å². The number of H-pyrrole nitrogens is 1. The molecule has 0 unspecified atom stereocenters. The molecule has 2 N–H and O–H groups in total. The van der Waals surface area contributed by atoms with E-state index >= 15 is 0 Å². The maximum absolute atomic E-state index is 12.3. The van der Waals surface area contributed by atoms with E-state index in [1.165, 1.54) is 7.11 Å². The molecule has 4 aromatic rings. The highest BCUT2D eigenvalue weighted by Gasteiger charge is 2.22. The van der Waals surface area contributed by atoms with Crippen molar-refractivity contribution >= 4 is 34.3 Å². The number of fused-ring (bicyclic) bond motifs is 1. The van der Waals surface area contributed by atoms with Crippen LogP contribution < -0.4 is 4.74 Å². The molecule has 2 aromatic heterocycles. The zero-order chi connectivity index (χ0) is 22.5. The molecule has 164 valence electrons. The fourth-order valence-corrected chi connectivity index (χ4v) is 3.52. The second-order valence-electron chi connectivity index (χ2n) is 6.77. The minimum Gasteiger partial charge on any atom is -0.510 e. The summed E-state index contributed by atoms with van der Waals surface area (Å²) >= 11 is 1.08. The first-order valence-corrected chi connectivity index (χ1v) is 10.6. The number of carbonyl (C=O) groups excluding carboxylic acids is 1. The van der Waals surface area contributed by atoms with Gasteiger partial charge in [-0.15, -0.1) is 10.2 Å². The van der Waals surface area contributed by atoms with Gasteiger partial charge >= 0.3 is 5.97 Å². The Balaban J connectivity index is 1.45. The number of para-hydroxylation sites is 2. The molecule has 2 aromatic carbocycles. The van der Waals surface area contributed by atoms with Crippen molar-refractivity contribution in [1.29, 1.82) is 0 Å². The standard InChI is InChI=1S/C22H20N4O5S/c1-13-7-9-14(10-8-13)30-11-18-25-26-22(31-18)32-12-17(27)19(21(28)29-2)20-23-15-5-3-4-6-16(15)24-20/h3-10,27H,11-12H2,1-2H3,(H,23,24)/b19-17+. The van der Waals surface area contributed by atoms with Crippen LogP contribution in [0.5, 0.6) is 5.75 Å². The van der Waals surface area contributed by atoms with Crippen molar-refractivity contribution in [1.82, 2.24) is 20.2 Å². The third-order valence-electron chi connectivity index (χ3n) is 4.47. The van der Waals surface area contributed by atoms with Crippen molar-refractivity contribution in [2.24, 2.45) is 0 Å². The topological polar surface area (TPSA) is 123 Å². The van der Waals surface area contributed by atoms with Crippen molar-refractivity contribution in [3.8, 4) is 5.75 Å². The van der Waals surface area contributed by atoms with Gasteiger partial charge in [-0.2, -0.15) is 0 Å². The third-order valence-corrected chi connectivity index (χ3v) is 5.30. The van der Waals surface area contributed by atoms with Crippen LogP contribution in [0, 0.1) is 6.92 Å². The maximum Gasteiger partial charge on any atom is 0.345 e. The van der Waals surface area contributed by atoms with Gasteiger partial charge in [0, 0.05) is 0 Å². The molecule has 0 aliphatic carbocycles. The van der Waals surface area contributed by atoms with E-state index in [-0.39, 0.29) is 34.7 Å². The Kier molecular flexibility index (Phi) is 6.41. The zero-order valence-electron chi connectivity index (χ0n) is 17.4. The molecule has 0 radical (unpaired) electrons. The quantitative estimate of drug-likeness (QED) is 0.176. The average Bonchev–Trinajstić information content (AvgIpc) is 3.44. The van der Waals surface area contributed by atoms with Crippen LogP contribution in [0.2, 0.25) is 0 Å². The Morgan fingerprint density at radius 1 is 1.16 bits per heavy atom. The van der Waals surface area contributed by atoms with Crippen LogP contribution in [0.25, 0.3) is 16.6 Å². The van der Waals surface area contributed by atoms with Crippen LogP contribution in [-0.2, 0) is 16.1 Å². The van der Waals surface area contributed by atoms with E-state index in [4.69, 9.17) is 13.9 Å². The van der Waals surface area contributed by atoms with E-state index in [1.807, 2.05) is 49.4 Å². The number of nitrogens with zero attached hydrogens (tertiary/aromatic N) is 3. The SMILES string of the molecule is COC(=O)/C(=C(/O)CSc1nnc(COc2ccc(C)cc2)o1)c1nc2ccccc2[nH]1. The van der Waals surface area contributed by atoms with Gasteiger partial charge in [0.15, 0.2) is 6.61 Å². The highest BCUT2D eigenvalue weighted by molar-refractivity contribution is 7.99. The number of ether oxygens (including phenoxy) is 2. The van der Waals surface area contributed by atoms with E-state index in [9.17, 15) is 9.90 Å². The monoisotopic (exact) mass is 452 g/mol. The lowest BCUT2D eigenvalue weighted by Crippen LogP contribution is -2.09. The van der Waals surface area contributed by atoms with Gasteiger partial charge < -0.3 is 24.0 Å². The summed E-state index contributed by atoms with van der Waals surface area (Å²) in [5, 5.41) is 18.7. The molecular weight excluding hydrogens is 432 g/mol. The molecule has 0 atom stereocenters. The summed E-state index contributed by atoms with van der Waals surface area (Å²) in [4.78, 5) is 19.7. The highest BCUT2D eigenvalue weighted by atomic mass is 32.2. The Hall–Kier alpha value is -3.79. The summed E-state index contributed by atoms with van der Waals surface area (Å²) in [5.41, 5.74) is 2.48. The number of aromatic amines is 1. The van der Waals surface area contributed by atoms with E-state index in [2.05, 4.69) is 20.2 Å². The van der Waals surface area contributed by atoms with Gasteiger partial charge in [-0.25, -0.2) is 9.78 Å². The van der Waals surface area contributed by atoms with Gasteiger partial charge in [0.05, 0.1) is 23.9 Å². The predicted octanol–water partition coefficient (Wildman–Crippen LogP) is 4.07. The number of esters is 1. The first-order valence-electron chi connectivity index (χ1n) is 9.63. The summed E-state index contributed by atoms with van der Waals surface area (Å²) in [7, 11) is 1.24. The Morgan fingerprint density at radius 3 is 2.69 bits per heavy atom. The first kappa shape index (κ1) is 21.4. The number of aliphatic hydroxyl groups is 1. The smallest absolute Gasteiger partial charge is 0.345 e. The van der Waals surface area contributed by atoms with Gasteiger partial charge in [-0.05, 0) is 31.2 Å². The molecule has 32 heavy (non-hydrogen) atoms. The van der Waals surface area contributed by atoms with Gasteiger partial charge in [0.25, 0.3) is 11.1 Å². The largest absolute Gasteiger partial charge is 0.510 e. The number of nitrogens with one attached hydrogen (secondary N) is 1.